The van der Waals surface area contributed by atoms with Gasteiger partial charge in [-0.3, -0.25) is 19.8 Å². The Morgan fingerprint density at radius 3 is 2.62 bits per heavy atom. The molecule has 2 aliphatic heterocycles. The second-order valence-corrected chi connectivity index (χ2v) is 7.57. The van der Waals surface area contributed by atoms with Crippen molar-refractivity contribution in [1.29, 1.82) is 0 Å². The van der Waals surface area contributed by atoms with Crippen molar-refractivity contribution in [1.82, 2.24) is 10.2 Å². The quantitative estimate of drug-likeness (QED) is 0.495. The summed E-state index contributed by atoms with van der Waals surface area (Å²) >= 11 is 4.98. The topological polar surface area (TPSA) is 52.7 Å². The van der Waals surface area contributed by atoms with Crippen LogP contribution in [0.5, 0.6) is 0 Å². The molecule has 0 atom stereocenters. The fraction of sp³-hybridized carbons (Fsp3) is 0.350. The van der Waals surface area contributed by atoms with Crippen molar-refractivity contribution >= 4 is 46.5 Å². The number of carbonyl (C=O) groups is 2. The fourth-order valence-electron chi connectivity index (χ4n) is 3.68. The maximum atomic E-state index is 12.4. The summed E-state index contributed by atoms with van der Waals surface area (Å²) in [6.45, 7) is 9.52. The molecule has 1 N–H and O–H groups in total. The molecule has 1 fully saturated rings. The first-order valence-corrected chi connectivity index (χ1v) is 9.03. The van der Waals surface area contributed by atoms with Crippen LogP contribution in [0.3, 0.4) is 0 Å². The minimum atomic E-state index is -0.459. The number of anilines is 1. The number of rotatable bonds is 2. The van der Waals surface area contributed by atoms with Crippen molar-refractivity contribution in [3.63, 3.8) is 0 Å². The molecule has 0 bridgehead atoms. The molecule has 5 nitrogen and oxygen atoms in total. The van der Waals surface area contributed by atoms with Crippen LogP contribution in [0.2, 0.25) is 0 Å². The molecule has 3 rings (SSSR count). The van der Waals surface area contributed by atoms with Gasteiger partial charge in [-0.2, -0.15) is 0 Å². The van der Waals surface area contributed by atoms with Crippen LogP contribution < -0.4 is 10.2 Å². The molecule has 2 amide bonds. The number of hydrogen-bond acceptors (Lipinski definition) is 4. The third-order valence-corrected chi connectivity index (χ3v) is 5.31. The number of nitrogens with zero attached hydrogens (tertiary/aromatic N) is 2. The zero-order valence-corrected chi connectivity index (χ0v) is 16.5. The van der Waals surface area contributed by atoms with E-state index >= 15 is 0 Å². The number of likely N-dealkylation sites (N-methyl/N-ethyl adjacent to an activating group) is 2. The number of amides is 2. The summed E-state index contributed by atoms with van der Waals surface area (Å²) in [4.78, 5) is 28.2. The molecule has 0 spiro atoms. The Hall–Kier alpha value is -2.47. The molecule has 0 saturated carbocycles. The van der Waals surface area contributed by atoms with Gasteiger partial charge in [-0.05, 0) is 69.3 Å². The zero-order valence-electron chi connectivity index (χ0n) is 15.7. The molecule has 0 aromatic heterocycles. The highest BCUT2D eigenvalue weighted by Crippen LogP contribution is 2.39. The van der Waals surface area contributed by atoms with Crippen LogP contribution in [0.25, 0.3) is 11.6 Å². The van der Waals surface area contributed by atoms with Gasteiger partial charge in [0.15, 0.2) is 5.11 Å². The second kappa shape index (κ2) is 6.36. The lowest BCUT2D eigenvalue weighted by Gasteiger charge is -2.42. The summed E-state index contributed by atoms with van der Waals surface area (Å²) < 4.78 is 0. The Morgan fingerprint density at radius 2 is 1.96 bits per heavy atom. The van der Waals surface area contributed by atoms with E-state index in [9.17, 15) is 9.59 Å². The third-order valence-electron chi connectivity index (χ3n) is 4.93. The van der Waals surface area contributed by atoms with Gasteiger partial charge in [0.1, 0.15) is 5.57 Å². The number of thiocarbonyl (C=S) groups is 1. The first-order valence-electron chi connectivity index (χ1n) is 8.62. The Labute approximate surface area is 159 Å². The van der Waals surface area contributed by atoms with E-state index in [0.29, 0.717) is 0 Å². The van der Waals surface area contributed by atoms with Gasteiger partial charge in [-0.1, -0.05) is 12.1 Å². The van der Waals surface area contributed by atoms with Crippen LogP contribution in [0.4, 0.5) is 5.69 Å². The SMILES string of the molecule is CCN1c2ccc(/C=C3\C(=O)NC(=S)N(C)C3=O)cc2C(C)=CC1(C)C. The number of nitrogens with one attached hydrogen (secondary N) is 1. The van der Waals surface area contributed by atoms with Crippen molar-refractivity contribution in [3.8, 4) is 0 Å². The van der Waals surface area contributed by atoms with Crippen LogP contribution in [0.15, 0.2) is 29.8 Å². The monoisotopic (exact) mass is 369 g/mol. The molecular formula is C20H23N3O2S. The molecule has 0 unspecified atom stereocenters. The van der Waals surface area contributed by atoms with Gasteiger partial charge in [0, 0.05) is 24.8 Å². The van der Waals surface area contributed by atoms with Crippen LogP contribution in [-0.4, -0.2) is 41.0 Å². The molecule has 0 aliphatic carbocycles. The Balaban J connectivity index is 2.05. The Morgan fingerprint density at radius 1 is 1.27 bits per heavy atom. The van der Waals surface area contributed by atoms with E-state index < -0.39 is 5.91 Å². The number of carbonyl (C=O) groups excluding carboxylic acids is 2. The van der Waals surface area contributed by atoms with Crippen LogP contribution in [0, 0.1) is 0 Å². The van der Waals surface area contributed by atoms with E-state index in [1.807, 2.05) is 12.1 Å². The lowest BCUT2D eigenvalue weighted by Crippen LogP contribution is -2.52. The standard InChI is InChI=1S/C20H23N3O2S/c1-6-23-16-8-7-13(9-14(16)12(2)11-20(23,3)4)10-15-17(24)21-19(26)22(5)18(15)25/h7-11H,6H2,1-5H3,(H,21,24,26)/b15-10+. The van der Waals surface area contributed by atoms with Gasteiger partial charge in [0.25, 0.3) is 11.8 Å². The smallest absolute Gasteiger partial charge is 0.265 e. The normalized spacial score (nSPS) is 20.9. The molecule has 1 aromatic carbocycles. The number of allylic oxidation sites excluding steroid dienone is 1. The summed E-state index contributed by atoms with van der Waals surface area (Å²) in [6, 6.07) is 6.03. The summed E-state index contributed by atoms with van der Waals surface area (Å²) in [5, 5.41) is 2.66. The van der Waals surface area contributed by atoms with E-state index in [-0.39, 0.29) is 22.1 Å². The highest BCUT2D eigenvalue weighted by atomic mass is 32.1. The van der Waals surface area contributed by atoms with Crippen molar-refractivity contribution in [2.24, 2.45) is 0 Å². The highest BCUT2D eigenvalue weighted by Gasteiger charge is 2.32. The Bertz CT molecular complexity index is 883. The van der Waals surface area contributed by atoms with Gasteiger partial charge in [-0.15, -0.1) is 0 Å². The van der Waals surface area contributed by atoms with Crippen molar-refractivity contribution in [2.45, 2.75) is 33.2 Å². The predicted molar refractivity (Wildman–Crippen MR) is 109 cm³/mol. The largest absolute Gasteiger partial charge is 0.363 e. The third kappa shape index (κ3) is 2.94. The van der Waals surface area contributed by atoms with Gasteiger partial charge < -0.3 is 4.90 Å². The zero-order chi connectivity index (χ0) is 19.2. The molecule has 26 heavy (non-hydrogen) atoms. The summed E-state index contributed by atoms with van der Waals surface area (Å²) in [5.74, 6) is -0.848. The number of fused-ring (bicyclic) bond motifs is 1. The van der Waals surface area contributed by atoms with Gasteiger partial charge in [0.05, 0.1) is 5.54 Å². The highest BCUT2D eigenvalue weighted by molar-refractivity contribution is 7.80. The molecular weight excluding hydrogens is 346 g/mol. The Kier molecular flexibility index (Phi) is 4.48. The van der Waals surface area contributed by atoms with Gasteiger partial charge in [0.2, 0.25) is 0 Å². The van der Waals surface area contributed by atoms with Crippen molar-refractivity contribution in [3.05, 3.63) is 41.0 Å². The average Bonchev–Trinajstić information content (AvgIpc) is 2.57. The number of hydrogen-bond donors (Lipinski definition) is 1. The maximum Gasteiger partial charge on any atom is 0.265 e. The molecule has 136 valence electrons. The molecule has 2 heterocycles. The minimum absolute atomic E-state index is 0.0521. The van der Waals surface area contributed by atoms with Crippen LogP contribution >= 0.6 is 12.2 Å². The van der Waals surface area contributed by atoms with Gasteiger partial charge in [-0.25, -0.2) is 0 Å². The summed E-state index contributed by atoms with van der Waals surface area (Å²) in [5.41, 5.74) is 4.32. The first kappa shape index (κ1) is 18.3. The van der Waals surface area contributed by atoms with E-state index in [2.05, 4.69) is 50.1 Å². The lowest BCUT2D eigenvalue weighted by molar-refractivity contribution is -0.128. The molecule has 2 aliphatic rings. The minimum Gasteiger partial charge on any atom is -0.363 e. The summed E-state index contributed by atoms with van der Waals surface area (Å²) in [6.07, 6.45) is 3.87. The molecule has 1 aromatic rings. The van der Waals surface area contributed by atoms with Crippen molar-refractivity contribution < 1.29 is 9.59 Å². The van der Waals surface area contributed by atoms with E-state index in [4.69, 9.17) is 12.2 Å². The summed E-state index contributed by atoms with van der Waals surface area (Å²) in [7, 11) is 1.55. The molecule has 6 heteroatoms. The predicted octanol–water partition coefficient (Wildman–Crippen LogP) is 2.96. The van der Waals surface area contributed by atoms with Crippen LogP contribution in [0.1, 0.15) is 38.8 Å². The fourth-order valence-corrected chi connectivity index (χ4v) is 3.86. The van der Waals surface area contributed by atoms with E-state index in [1.54, 1.807) is 13.1 Å². The first-order chi connectivity index (χ1) is 12.2. The number of benzene rings is 1. The molecule has 1 saturated heterocycles. The van der Waals surface area contributed by atoms with Crippen molar-refractivity contribution in [2.75, 3.05) is 18.5 Å². The van der Waals surface area contributed by atoms with E-state index in [0.717, 1.165) is 23.4 Å². The van der Waals surface area contributed by atoms with Gasteiger partial charge >= 0.3 is 0 Å². The average molecular weight is 369 g/mol. The second-order valence-electron chi connectivity index (χ2n) is 7.18. The van der Waals surface area contributed by atoms with Crippen LogP contribution in [-0.2, 0) is 9.59 Å². The molecule has 0 radical (unpaired) electrons. The maximum absolute atomic E-state index is 12.4. The van der Waals surface area contributed by atoms with E-state index in [1.165, 1.54) is 10.5 Å². The lowest BCUT2D eigenvalue weighted by atomic mass is 9.88.